The number of rotatable bonds is 5. The van der Waals surface area contributed by atoms with Gasteiger partial charge in [0.1, 0.15) is 0 Å². The molecule has 2 N–H and O–H groups in total. The van der Waals surface area contributed by atoms with Crippen LogP contribution >= 0.6 is 11.3 Å². The molecule has 0 unspecified atom stereocenters. The Hall–Kier alpha value is -2.64. The highest BCUT2D eigenvalue weighted by Crippen LogP contribution is 2.30. The molecule has 2 aromatic carbocycles. The Morgan fingerprint density at radius 2 is 1.89 bits per heavy atom. The van der Waals surface area contributed by atoms with Gasteiger partial charge in [-0.2, -0.15) is 0 Å². The summed E-state index contributed by atoms with van der Waals surface area (Å²) in [6.45, 7) is 3.43. The van der Waals surface area contributed by atoms with Gasteiger partial charge in [0.2, 0.25) is 0 Å². The molecule has 1 saturated heterocycles. The van der Waals surface area contributed by atoms with Crippen LogP contribution in [0.5, 0.6) is 0 Å². The summed E-state index contributed by atoms with van der Waals surface area (Å²) in [5.41, 5.74) is 3.82. The summed E-state index contributed by atoms with van der Waals surface area (Å²) in [4.78, 5) is 19.2. The third kappa shape index (κ3) is 3.81. The Bertz CT molecular complexity index is 991. The minimum absolute atomic E-state index is 0.00557. The third-order valence-corrected chi connectivity index (χ3v) is 5.99. The number of morpholine rings is 1. The molecule has 28 heavy (non-hydrogen) atoms. The van der Waals surface area contributed by atoms with E-state index in [1.54, 1.807) is 11.3 Å². The summed E-state index contributed by atoms with van der Waals surface area (Å²) in [6.07, 6.45) is 2.18. The van der Waals surface area contributed by atoms with Crippen LogP contribution in [0.15, 0.2) is 42.5 Å². The van der Waals surface area contributed by atoms with E-state index in [0.29, 0.717) is 11.6 Å². The van der Waals surface area contributed by atoms with Crippen molar-refractivity contribution in [2.75, 3.05) is 36.5 Å². The predicted molar refractivity (Wildman–Crippen MR) is 113 cm³/mol. The van der Waals surface area contributed by atoms with Crippen LogP contribution in [0, 0.1) is 0 Å². The van der Waals surface area contributed by atoms with Crippen molar-refractivity contribution in [1.82, 2.24) is 10.3 Å². The Labute approximate surface area is 167 Å². The number of benzene rings is 2. The normalized spacial score (nSPS) is 16.9. The average molecular weight is 395 g/mol. The van der Waals surface area contributed by atoms with Crippen LogP contribution in [0.3, 0.4) is 0 Å². The first kappa shape index (κ1) is 17.5. The lowest BCUT2D eigenvalue weighted by molar-refractivity contribution is 0.0951. The zero-order valence-corrected chi connectivity index (χ0v) is 16.3. The Morgan fingerprint density at radius 1 is 1.11 bits per heavy atom. The molecule has 3 aromatic rings. The maximum Gasteiger partial charge on any atom is 0.251 e. The number of fused-ring (bicyclic) bond motifs is 1. The lowest BCUT2D eigenvalue weighted by atomic mass is 10.2. The number of carbonyl (C=O) groups is 1. The largest absolute Gasteiger partial charge is 0.378 e. The minimum atomic E-state index is 0.00557. The van der Waals surface area contributed by atoms with E-state index in [0.717, 1.165) is 60.2 Å². The molecule has 2 heterocycles. The van der Waals surface area contributed by atoms with Crippen LogP contribution < -0.4 is 15.5 Å². The average Bonchev–Trinajstić information content (AvgIpc) is 3.45. The monoisotopic (exact) mass is 394 g/mol. The molecule has 1 aliphatic carbocycles. The van der Waals surface area contributed by atoms with E-state index in [1.807, 2.05) is 18.2 Å². The summed E-state index contributed by atoms with van der Waals surface area (Å²) in [5, 5.41) is 7.24. The smallest absolute Gasteiger partial charge is 0.251 e. The van der Waals surface area contributed by atoms with Crippen molar-refractivity contribution in [1.29, 1.82) is 0 Å². The zero-order valence-electron chi connectivity index (χ0n) is 15.5. The molecule has 5 rings (SSSR count). The highest BCUT2D eigenvalue weighted by Gasteiger charge is 2.24. The first-order valence-corrected chi connectivity index (χ1v) is 10.5. The fraction of sp³-hybridized carbons (Fsp3) is 0.333. The molecular weight excluding hydrogens is 372 g/mol. The van der Waals surface area contributed by atoms with Gasteiger partial charge < -0.3 is 20.3 Å². The number of anilines is 3. The van der Waals surface area contributed by atoms with Crippen molar-refractivity contribution in [2.24, 2.45) is 0 Å². The van der Waals surface area contributed by atoms with Crippen LogP contribution in [-0.4, -0.2) is 43.2 Å². The van der Waals surface area contributed by atoms with Gasteiger partial charge in [-0.15, -0.1) is 0 Å². The molecule has 2 fully saturated rings. The van der Waals surface area contributed by atoms with Gasteiger partial charge in [-0.25, -0.2) is 4.98 Å². The second-order valence-electron chi connectivity index (χ2n) is 7.22. The van der Waals surface area contributed by atoms with E-state index in [1.165, 1.54) is 5.69 Å². The fourth-order valence-electron chi connectivity index (χ4n) is 3.32. The van der Waals surface area contributed by atoms with Crippen LogP contribution in [0.4, 0.5) is 16.5 Å². The van der Waals surface area contributed by atoms with Gasteiger partial charge in [-0.05, 0) is 55.3 Å². The van der Waals surface area contributed by atoms with Crippen LogP contribution in [0.2, 0.25) is 0 Å². The first-order valence-electron chi connectivity index (χ1n) is 9.66. The van der Waals surface area contributed by atoms with E-state index in [2.05, 4.69) is 44.8 Å². The van der Waals surface area contributed by atoms with Gasteiger partial charge in [0, 0.05) is 36.1 Å². The molecule has 1 saturated carbocycles. The van der Waals surface area contributed by atoms with Crippen molar-refractivity contribution in [3.8, 4) is 0 Å². The highest BCUT2D eigenvalue weighted by atomic mass is 32.1. The van der Waals surface area contributed by atoms with Crippen molar-refractivity contribution >= 4 is 44.0 Å². The minimum Gasteiger partial charge on any atom is -0.378 e. The summed E-state index contributed by atoms with van der Waals surface area (Å²) in [5.74, 6) is 0.00557. The fourth-order valence-corrected chi connectivity index (χ4v) is 4.24. The van der Waals surface area contributed by atoms with E-state index in [9.17, 15) is 4.79 Å². The Balaban J connectivity index is 1.29. The SMILES string of the molecule is O=C(NC1CC1)c1ccc2nc(Nc3ccc(N4CCOCC4)cc3)sc2c1. The second kappa shape index (κ2) is 7.41. The number of carbonyl (C=O) groups excluding carboxylic acids is 1. The zero-order chi connectivity index (χ0) is 18.9. The lowest BCUT2D eigenvalue weighted by Crippen LogP contribution is -2.36. The van der Waals surface area contributed by atoms with Gasteiger partial charge in [-0.3, -0.25) is 4.79 Å². The predicted octanol–water partition coefficient (Wildman–Crippen LogP) is 3.77. The van der Waals surface area contributed by atoms with E-state index < -0.39 is 0 Å². The molecule has 2 aliphatic rings. The van der Waals surface area contributed by atoms with E-state index in [4.69, 9.17) is 4.74 Å². The topological polar surface area (TPSA) is 66.5 Å². The summed E-state index contributed by atoms with van der Waals surface area (Å²) in [6, 6.07) is 14.5. The Kier molecular flexibility index (Phi) is 4.62. The number of thiazole rings is 1. The molecule has 0 radical (unpaired) electrons. The molecule has 1 amide bonds. The number of hydrogen-bond acceptors (Lipinski definition) is 6. The number of ether oxygens (including phenoxy) is 1. The molecule has 1 aromatic heterocycles. The molecule has 7 heteroatoms. The van der Waals surface area contributed by atoms with Crippen LogP contribution in [0.25, 0.3) is 10.2 Å². The number of amides is 1. The van der Waals surface area contributed by atoms with Gasteiger partial charge in [-0.1, -0.05) is 11.3 Å². The van der Waals surface area contributed by atoms with Crippen LogP contribution in [-0.2, 0) is 4.74 Å². The maximum atomic E-state index is 12.2. The van der Waals surface area contributed by atoms with E-state index in [-0.39, 0.29) is 5.91 Å². The molecule has 0 atom stereocenters. The maximum absolute atomic E-state index is 12.2. The molecular formula is C21H22N4O2S. The summed E-state index contributed by atoms with van der Waals surface area (Å²) in [7, 11) is 0. The molecule has 1 aliphatic heterocycles. The summed E-state index contributed by atoms with van der Waals surface area (Å²) < 4.78 is 6.42. The van der Waals surface area contributed by atoms with Crippen molar-refractivity contribution in [3.05, 3.63) is 48.0 Å². The quantitative estimate of drug-likeness (QED) is 0.690. The van der Waals surface area contributed by atoms with Crippen molar-refractivity contribution in [3.63, 3.8) is 0 Å². The van der Waals surface area contributed by atoms with Gasteiger partial charge in [0.15, 0.2) is 5.13 Å². The number of nitrogens with zero attached hydrogens (tertiary/aromatic N) is 2. The highest BCUT2D eigenvalue weighted by molar-refractivity contribution is 7.22. The lowest BCUT2D eigenvalue weighted by Gasteiger charge is -2.28. The van der Waals surface area contributed by atoms with E-state index >= 15 is 0 Å². The molecule has 6 nitrogen and oxygen atoms in total. The molecule has 0 bridgehead atoms. The number of hydrogen-bond donors (Lipinski definition) is 2. The number of aromatic nitrogens is 1. The summed E-state index contributed by atoms with van der Waals surface area (Å²) >= 11 is 1.56. The second-order valence-corrected chi connectivity index (χ2v) is 8.25. The van der Waals surface area contributed by atoms with Gasteiger partial charge in [0.05, 0.1) is 23.4 Å². The van der Waals surface area contributed by atoms with Crippen molar-refractivity contribution < 1.29 is 9.53 Å². The third-order valence-electron chi connectivity index (χ3n) is 5.06. The molecule has 0 spiro atoms. The Morgan fingerprint density at radius 3 is 2.64 bits per heavy atom. The van der Waals surface area contributed by atoms with Crippen molar-refractivity contribution in [2.45, 2.75) is 18.9 Å². The number of nitrogens with one attached hydrogen (secondary N) is 2. The van der Waals surface area contributed by atoms with Gasteiger partial charge >= 0.3 is 0 Å². The van der Waals surface area contributed by atoms with Crippen LogP contribution in [0.1, 0.15) is 23.2 Å². The standard InChI is InChI=1S/C21H22N4O2S/c26-20(22-15-2-3-15)14-1-8-18-19(13-14)28-21(24-18)23-16-4-6-17(7-5-16)25-9-11-27-12-10-25/h1,4-8,13,15H,2-3,9-12H2,(H,22,26)(H,23,24). The first-order chi connectivity index (χ1) is 13.7. The molecule has 144 valence electrons. The van der Waals surface area contributed by atoms with Gasteiger partial charge in [0.25, 0.3) is 5.91 Å².